The van der Waals surface area contributed by atoms with Gasteiger partial charge in [0.25, 0.3) is 0 Å². The number of piperidine rings is 1. The number of halogens is 1. The van der Waals surface area contributed by atoms with Gasteiger partial charge in [0, 0.05) is 22.5 Å². The molecule has 0 radical (unpaired) electrons. The molecule has 1 aromatic heterocycles. The first-order valence-corrected chi connectivity index (χ1v) is 12.8. The average Bonchev–Trinajstić information content (AvgIpc) is 3.11. The molecule has 2 aliphatic rings. The van der Waals surface area contributed by atoms with Gasteiger partial charge in [-0.05, 0) is 77.0 Å². The van der Waals surface area contributed by atoms with Crippen LogP contribution < -0.4 is 5.32 Å². The number of amides is 1. The van der Waals surface area contributed by atoms with Crippen molar-refractivity contribution in [3.8, 4) is 11.4 Å². The zero-order valence-corrected chi connectivity index (χ0v) is 20.4. The lowest BCUT2D eigenvalue weighted by molar-refractivity contribution is -0.126. The molecule has 1 N–H and O–H groups in total. The van der Waals surface area contributed by atoms with Gasteiger partial charge in [-0.1, -0.05) is 46.1 Å². The number of rotatable bonds is 8. The summed E-state index contributed by atoms with van der Waals surface area (Å²) in [6.45, 7) is 6.71. The second-order valence-electron chi connectivity index (χ2n) is 8.97. The number of nitrogens with zero attached hydrogens (tertiary/aromatic N) is 4. The zero-order valence-electron chi connectivity index (χ0n) is 18.8. The number of carbonyl (C=O) groups is 1. The molecule has 7 nitrogen and oxygen atoms in total. The van der Waals surface area contributed by atoms with Crippen LogP contribution in [-0.2, 0) is 11.3 Å². The van der Waals surface area contributed by atoms with Gasteiger partial charge in [-0.15, -0.1) is 0 Å². The fourth-order valence-electron chi connectivity index (χ4n) is 4.63. The lowest BCUT2D eigenvalue weighted by Gasteiger charge is -2.30. The first-order chi connectivity index (χ1) is 15.7. The summed E-state index contributed by atoms with van der Waals surface area (Å²) in [4.78, 5) is 22.0. The van der Waals surface area contributed by atoms with Crippen molar-refractivity contribution in [1.29, 1.82) is 0 Å². The summed E-state index contributed by atoms with van der Waals surface area (Å²) in [5.41, 5.74) is 0.931. The highest BCUT2D eigenvalue weighted by atomic mass is 79.9. The van der Waals surface area contributed by atoms with Gasteiger partial charge in [0.05, 0.1) is 6.54 Å². The Morgan fingerprint density at radius 1 is 1.09 bits per heavy atom. The molecule has 2 aliphatic heterocycles. The van der Waals surface area contributed by atoms with E-state index >= 15 is 0 Å². The van der Waals surface area contributed by atoms with E-state index in [-0.39, 0.29) is 11.8 Å². The predicted molar refractivity (Wildman–Crippen MR) is 128 cm³/mol. The maximum Gasteiger partial charge on any atom is 0.241 e. The Bertz CT molecular complexity index is 858. The Labute approximate surface area is 199 Å². The molecule has 1 aromatic carbocycles. The largest absolute Gasteiger partial charge is 0.356 e. The number of hydrogen-bond acceptors (Lipinski definition) is 6. The molecule has 0 bridgehead atoms. The molecule has 2 aromatic rings. The molecule has 32 heavy (non-hydrogen) atoms. The first-order valence-electron chi connectivity index (χ1n) is 12.0. The Kier molecular flexibility index (Phi) is 8.70. The van der Waals surface area contributed by atoms with E-state index in [0.29, 0.717) is 18.3 Å². The van der Waals surface area contributed by atoms with E-state index < -0.39 is 0 Å². The first kappa shape index (κ1) is 23.4. The standard InChI is InChI=1S/C24H34BrN5O2/c25-21-8-5-7-20(17-21)23-27-22(32-28-23)18-30-15-9-19(10-16-30)24(31)26-11-6-14-29-12-3-1-2-4-13-29/h5,7-8,17,19H,1-4,6,9-16,18H2,(H,26,31). The normalized spacial score (nSPS) is 19.0. The molecule has 0 spiro atoms. The van der Waals surface area contributed by atoms with E-state index in [1.807, 2.05) is 24.3 Å². The summed E-state index contributed by atoms with van der Waals surface area (Å²) in [6, 6.07) is 7.88. The number of nitrogens with one attached hydrogen (secondary N) is 1. The number of hydrogen-bond donors (Lipinski definition) is 1. The molecule has 174 valence electrons. The highest BCUT2D eigenvalue weighted by Gasteiger charge is 2.26. The van der Waals surface area contributed by atoms with E-state index in [4.69, 9.17) is 4.52 Å². The monoisotopic (exact) mass is 503 g/mol. The maximum absolute atomic E-state index is 12.6. The maximum atomic E-state index is 12.6. The third kappa shape index (κ3) is 6.86. The minimum absolute atomic E-state index is 0.115. The summed E-state index contributed by atoms with van der Waals surface area (Å²) in [7, 11) is 0. The lowest BCUT2D eigenvalue weighted by atomic mass is 9.96. The van der Waals surface area contributed by atoms with Crippen molar-refractivity contribution >= 4 is 21.8 Å². The minimum Gasteiger partial charge on any atom is -0.356 e. The van der Waals surface area contributed by atoms with E-state index in [9.17, 15) is 4.79 Å². The number of carbonyl (C=O) groups excluding carboxylic acids is 1. The zero-order chi connectivity index (χ0) is 22.2. The van der Waals surface area contributed by atoms with Crippen molar-refractivity contribution in [3.05, 3.63) is 34.6 Å². The van der Waals surface area contributed by atoms with Crippen LogP contribution >= 0.6 is 15.9 Å². The van der Waals surface area contributed by atoms with Crippen LogP contribution in [0.5, 0.6) is 0 Å². The second-order valence-corrected chi connectivity index (χ2v) is 9.89. The molecular formula is C24H34BrN5O2. The van der Waals surface area contributed by atoms with Crippen LogP contribution in [0, 0.1) is 5.92 Å². The van der Waals surface area contributed by atoms with Crippen LogP contribution in [0.3, 0.4) is 0 Å². The van der Waals surface area contributed by atoms with Gasteiger partial charge < -0.3 is 14.7 Å². The molecule has 1 amide bonds. The third-order valence-corrected chi connectivity index (χ3v) is 7.01. The molecule has 0 saturated carbocycles. The summed E-state index contributed by atoms with van der Waals surface area (Å²) in [5, 5.41) is 7.29. The van der Waals surface area contributed by atoms with Crippen molar-refractivity contribution in [2.24, 2.45) is 5.92 Å². The molecule has 2 fully saturated rings. The number of aromatic nitrogens is 2. The highest BCUT2D eigenvalue weighted by Crippen LogP contribution is 2.22. The van der Waals surface area contributed by atoms with E-state index in [1.165, 1.54) is 38.8 Å². The Hall–Kier alpha value is -1.77. The van der Waals surface area contributed by atoms with Crippen molar-refractivity contribution in [3.63, 3.8) is 0 Å². The smallest absolute Gasteiger partial charge is 0.241 e. The molecule has 3 heterocycles. The second kappa shape index (κ2) is 11.9. The molecule has 4 rings (SSSR count). The summed E-state index contributed by atoms with van der Waals surface area (Å²) in [6.07, 6.45) is 8.17. The van der Waals surface area contributed by atoms with Crippen LogP contribution in [0.1, 0.15) is 50.8 Å². The summed E-state index contributed by atoms with van der Waals surface area (Å²) < 4.78 is 6.45. The number of benzene rings is 1. The Balaban J connectivity index is 1.15. The fraction of sp³-hybridized carbons (Fsp3) is 0.625. The quantitative estimate of drug-likeness (QED) is 0.546. The van der Waals surface area contributed by atoms with Crippen LogP contribution in [-0.4, -0.2) is 65.1 Å². The van der Waals surface area contributed by atoms with Gasteiger partial charge >= 0.3 is 0 Å². The van der Waals surface area contributed by atoms with Crippen molar-refractivity contribution < 1.29 is 9.32 Å². The van der Waals surface area contributed by atoms with Gasteiger partial charge in [-0.25, -0.2) is 0 Å². The van der Waals surface area contributed by atoms with Crippen molar-refractivity contribution in [2.45, 2.75) is 51.5 Å². The molecular weight excluding hydrogens is 470 g/mol. The molecule has 0 aliphatic carbocycles. The van der Waals surface area contributed by atoms with Crippen LogP contribution in [0.4, 0.5) is 0 Å². The summed E-state index contributed by atoms with van der Waals surface area (Å²) >= 11 is 3.47. The topological polar surface area (TPSA) is 74.5 Å². The minimum atomic E-state index is 0.115. The van der Waals surface area contributed by atoms with Gasteiger partial charge in [0.1, 0.15) is 0 Å². The van der Waals surface area contributed by atoms with Crippen LogP contribution in [0.2, 0.25) is 0 Å². The van der Waals surface area contributed by atoms with Gasteiger partial charge in [-0.2, -0.15) is 4.98 Å². The van der Waals surface area contributed by atoms with Crippen LogP contribution in [0.15, 0.2) is 33.3 Å². The molecule has 8 heteroatoms. The number of likely N-dealkylation sites (tertiary alicyclic amines) is 2. The Morgan fingerprint density at radius 2 is 1.88 bits per heavy atom. The average molecular weight is 504 g/mol. The van der Waals surface area contributed by atoms with E-state index in [0.717, 1.165) is 55.5 Å². The van der Waals surface area contributed by atoms with Crippen LogP contribution in [0.25, 0.3) is 11.4 Å². The predicted octanol–water partition coefficient (Wildman–Crippen LogP) is 4.09. The third-order valence-electron chi connectivity index (χ3n) is 6.52. The molecule has 2 saturated heterocycles. The summed E-state index contributed by atoms with van der Waals surface area (Å²) in [5.74, 6) is 1.56. The Morgan fingerprint density at radius 3 is 2.62 bits per heavy atom. The SMILES string of the molecule is O=C(NCCCN1CCCCCC1)C1CCN(Cc2nc(-c3cccc(Br)c3)no2)CC1. The fourth-order valence-corrected chi connectivity index (χ4v) is 5.03. The van der Waals surface area contributed by atoms with E-state index in [2.05, 4.69) is 41.2 Å². The van der Waals surface area contributed by atoms with Gasteiger partial charge in [-0.3, -0.25) is 9.69 Å². The molecule has 0 unspecified atom stereocenters. The van der Waals surface area contributed by atoms with Crippen molar-refractivity contribution in [2.75, 3.05) is 39.3 Å². The van der Waals surface area contributed by atoms with Gasteiger partial charge in [0.15, 0.2) is 0 Å². The van der Waals surface area contributed by atoms with Gasteiger partial charge in [0.2, 0.25) is 17.6 Å². The lowest BCUT2D eigenvalue weighted by Crippen LogP contribution is -2.41. The molecule has 0 atom stereocenters. The highest BCUT2D eigenvalue weighted by molar-refractivity contribution is 9.10. The van der Waals surface area contributed by atoms with Crippen molar-refractivity contribution in [1.82, 2.24) is 25.3 Å². The van der Waals surface area contributed by atoms with E-state index in [1.54, 1.807) is 0 Å².